The number of benzene rings is 1. The van der Waals surface area contributed by atoms with E-state index in [1.54, 1.807) is 6.07 Å². The summed E-state index contributed by atoms with van der Waals surface area (Å²) in [6, 6.07) is 11.4. The van der Waals surface area contributed by atoms with Crippen LogP contribution in [0.3, 0.4) is 0 Å². The molecule has 22 heavy (non-hydrogen) atoms. The van der Waals surface area contributed by atoms with E-state index in [-0.39, 0.29) is 24.5 Å². The van der Waals surface area contributed by atoms with Crippen LogP contribution in [0.2, 0.25) is 0 Å². The molecular formula is C17H20N2O2S. The second kappa shape index (κ2) is 7.87. The lowest BCUT2D eigenvalue weighted by atomic mass is 10.1. The van der Waals surface area contributed by atoms with Crippen molar-refractivity contribution in [3.8, 4) is 0 Å². The maximum atomic E-state index is 12.1. The van der Waals surface area contributed by atoms with Crippen LogP contribution in [0.1, 0.15) is 28.1 Å². The van der Waals surface area contributed by atoms with E-state index in [1.165, 1.54) is 11.3 Å². The largest absolute Gasteiger partial charge is 0.326 e. The molecule has 0 fully saturated rings. The van der Waals surface area contributed by atoms with Crippen molar-refractivity contribution in [2.75, 3.05) is 19.4 Å². The van der Waals surface area contributed by atoms with Crippen molar-refractivity contribution in [1.29, 1.82) is 0 Å². The first-order valence-corrected chi connectivity index (χ1v) is 8.03. The molecule has 1 amide bonds. The Labute approximate surface area is 134 Å². The monoisotopic (exact) mass is 316 g/mol. The summed E-state index contributed by atoms with van der Waals surface area (Å²) in [5.74, 6) is -0.108. The number of para-hydroxylation sites is 1. The summed E-state index contributed by atoms with van der Waals surface area (Å²) in [6.45, 7) is 0.755. The van der Waals surface area contributed by atoms with Crippen LogP contribution >= 0.6 is 11.3 Å². The third-order valence-electron chi connectivity index (χ3n) is 3.15. The molecule has 0 spiro atoms. The van der Waals surface area contributed by atoms with Crippen molar-refractivity contribution in [2.45, 2.75) is 19.4 Å². The highest BCUT2D eigenvalue weighted by Gasteiger charge is 2.11. The maximum absolute atomic E-state index is 12.1. The van der Waals surface area contributed by atoms with Gasteiger partial charge < -0.3 is 10.2 Å². The number of amides is 1. The predicted molar refractivity (Wildman–Crippen MR) is 90.3 cm³/mol. The molecule has 1 N–H and O–H groups in total. The van der Waals surface area contributed by atoms with Gasteiger partial charge in [-0.2, -0.15) is 0 Å². The van der Waals surface area contributed by atoms with Gasteiger partial charge in [0.2, 0.25) is 5.91 Å². The molecule has 0 aliphatic carbocycles. The minimum absolute atomic E-state index is 0.0201. The molecule has 0 aliphatic heterocycles. The van der Waals surface area contributed by atoms with E-state index in [0.717, 1.165) is 17.8 Å². The molecule has 0 unspecified atom stereocenters. The van der Waals surface area contributed by atoms with Gasteiger partial charge in [-0.25, -0.2) is 0 Å². The van der Waals surface area contributed by atoms with Crippen molar-refractivity contribution < 1.29 is 9.59 Å². The van der Waals surface area contributed by atoms with Crippen molar-refractivity contribution in [3.05, 3.63) is 52.2 Å². The number of hydrogen-bond donors (Lipinski definition) is 1. The van der Waals surface area contributed by atoms with E-state index in [4.69, 9.17) is 0 Å². The highest BCUT2D eigenvalue weighted by molar-refractivity contribution is 7.12. The lowest BCUT2D eigenvalue weighted by Crippen LogP contribution is -2.17. The fraction of sp³-hybridized carbons (Fsp3) is 0.294. The Kier molecular flexibility index (Phi) is 5.86. The molecule has 1 aromatic carbocycles. The second-order valence-electron chi connectivity index (χ2n) is 5.34. The van der Waals surface area contributed by atoms with Crippen LogP contribution in [0, 0.1) is 0 Å². The van der Waals surface area contributed by atoms with Gasteiger partial charge in [0.15, 0.2) is 5.78 Å². The summed E-state index contributed by atoms with van der Waals surface area (Å²) in [5.41, 5.74) is 1.87. The minimum atomic E-state index is -0.129. The quantitative estimate of drug-likeness (QED) is 0.796. The molecule has 116 valence electrons. The Morgan fingerprint density at radius 1 is 1.09 bits per heavy atom. The first-order valence-electron chi connectivity index (χ1n) is 7.15. The Bertz CT molecular complexity index is 636. The molecule has 0 saturated heterocycles. The number of hydrogen-bond acceptors (Lipinski definition) is 4. The van der Waals surface area contributed by atoms with Crippen LogP contribution < -0.4 is 5.32 Å². The number of thiophene rings is 1. The van der Waals surface area contributed by atoms with Crippen LogP contribution in [-0.2, 0) is 11.3 Å². The van der Waals surface area contributed by atoms with Crippen molar-refractivity contribution in [3.63, 3.8) is 0 Å². The Hall–Kier alpha value is -1.98. The fourth-order valence-corrected chi connectivity index (χ4v) is 2.82. The summed E-state index contributed by atoms with van der Waals surface area (Å²) in [6.07, 6.45) is 0.440. The Morgan fingerprint density at radius 2 is 1.86 bits per heavy atom. The van der Waals surface area contributed by atoms with Crippen LogP contribution in [0.5, 0.6) is 0 Å². The normalized spacial score (nSPS) is 10.7. The zero-order chi connectivity index (χ0) is 15.9. The predicted octanol–water partition coefficient (Wildman–Crippen LogP) is 3.41. The lowest BCUT2D eigenvalue weighted by molar-refractivity contribution is -0.116. The first kappa shape index (κ1) is 16.4. The third-order valence-corrected chi connectivity index (χ3v) is 4.06. The highest BCUT2D eigenvalue weighted by Crippen LogP contribution is 2.17. The van der Waals surface area contributed by atoms with Crippen LogP contribution in [-0.4, -0.2) is 30.7 Å². The molecule has 2 aromatic rings. The molecule has 0 saturated carbocycles. The van der Waals surface area contributed by atoms with E-state index >= 15 is 0 Å². The average molecular weight is 316 g/mol. The van der Waals surface area contributed by atoms with E-state index in [1.807, 2.05) is 54.7 Å². The molecule has 1 aromatic heterocycles. The smallest absolute Gasteiger partial charge is 0.224 e. The Balaban J connectivity index is 1.91. The van der Waals surface area contributed by atoms with Gasteiger partial charge >= 0.3 is 0 Å². The van der Waals surface area contributed by atoms with Crippen LogP contribution in [0.15, 0.2) is 41.8 Å². The van der Waals surface area contributed by atoms with Gasteiger partial charge in [-0.15, -0.1) is 11.3 Å². The average Bonchev–Trinajstić information content (AvgIpc) is 3.00. The fourth-order valence-electron chi connectivity index (χ4n) is 2.12. The van der Waals surface area contributed by atoms with Gasteiger partial charge in [0, 0.05) is 25.1 Å². The SMILES string of the molecule is CN(C)Cc1ccccc1NC(=O)CCC(=O)c1cccs1. The Morgan fingerprint density at radius 3 is 2.55 bits per heavy atom. The molecule has 2 rings (SSSR count). The molecule has 0 radical (unpaired) electrons. The van der Waals surface area contributed by atoms with Crippen molar-refractivity contribution in [2.24, 2.45) is 0 Å². The highest BCUT2D eigenvalue weighted by atomic mass is 32.1. The lowest BCUT2D eigenvalue weighted by Gasteiger charge is -2.14. The van der Waals surface area contributed by atoms with Crippen LogP contribution in [0.25, 0.3) is 0 Å². The van der Waals surface area contributed by atoms with Crippen molar-refractivity contribution in [1.82, 2.24) is 4.90 Å². The summed E-state index contributed by atoms with van der Waals surface area (Å²) in [5, 5.41) is 4.77. The van der Waals surface area contributed by atoms with Crippen LogP contribution in [0.4, 0.5) is 5.69 Å². The topological polar surface area (TPSA) is 49.4 Å². The van der Waals surface area contributed by atoms with Gasteiger partial charge in [0.25, 0.3) is 0 Å². The zero-order valence-corrected chi connectivity index (χ0v) is 13.7. The number of nitrogens with one attached hydrogen (secondary N) is 1. The van der Waals surface area contributed by atoms with Crippen molar-refractivity contribution >= 4 is 28.7 Å². The van der Waals surface area contributed by atoms with Gasteiger partial charge in [0.1, 0.15) is 0 Å². The summed E-state index contributed by atoms with van der Waals surface area (Å²) in [7, 11) is 3.97. The second-order valence-corrected chi connectivity index (χ2v) is 6.29. The van der Waals surface area contributed by atoms with E-state index < -0.39 is 0 Å². The number of ketones is 1. The molecule has 1 heterocycles. The van der Waals surface area contributed by atoms with E-state index in [0.29, 0.717) is 4.88 Å². The molecule has 5 heteroatoms. The number of Topliss-reactive ketones (excluding diaryl/α,β-unsaturated/α-hetero) is 1. The number of nitrogens with zero attached hydrogens (tertiary/aromatic N) is 1. The summed E-state index contributed by atoms with van der Waals surface area (Å²) >= 11 is 1.41. The van der Waals surface area contributed by atoms with E-state index in [9.17, 15) is 9.59 Å². The molecule has 0 atom stereocenters. The number of rotatable bonds is 7. The zero-order valence-electron chi connectivity index (χ0n) is 12.8. The molecule has 0 aliphatic rings. The number of carbonyl (C=O) groups is 2. The number of anilines is 1. The standard InChI is InChI=1S/C17H20N2O2S/c1-19(2)12-13-6-3-4-7-14(13)18-17(21)10-9-15(20)16-8-5-11-22-16/h3-8,11H,9-10,12H2,1-2H3,(H,18,21). The van der Waals surface area contributed by atoms with Gasteiger partial charge in [-0.3, -0.25) is 9.59 Å². The van der Waals surface area contributed by atoms with Gasteiger partial charge in [-0.05, 0) is 37.2 Å². The van der Waals surface area contributed by atoms with E-state index in [2.05, 4.69) is 5.32 Å². The summed E-state index contributed by atoms with van der Waals surface area (Å²) < 4.78 is 0. The number of carbonyl (C=O) groups excluding carboxylic acids is 2. The van der Waals surface area contributed by atoms with Gasteiger partial charge in [-0.1, -0.05) is 24.3 Å². The molecule has 0 bridgehead atoms. The first-order chi connectivity index (χ1) is 10.6. The summed E-state index contributed by atoms with van der Waals surface area (Å²) in [4.78, 5) is 26.7. The molecule has 4 nitrogen and oxygen atoms in total. The van der Waals surface area contributed by atoms with Gasteiger partial charge in [0.05, 0.1) is 4.88 Å². The third kappa shape index (κ3) is 4.79. The maximum Gasteiger partial charge on any atom is 0.224 e. The molecular weight excluding hydrogens is 296 g/mol. The minimum Gasteiger partial charge on any atom is -0.326 e.